The van der Waals surface area contributed by atoms with Crippen molar-refractivity contribution in [3.8, 4) is 11.1 Å². The number of nitrogens with zero attached hydrogens (tertiary/aromatic N) is 5. The molecule has 0 radical (unpaired) electrons. The number of benzene rings is 2. The molecule has 5 aromatic rings. The van der Waals surface area contributed by atoms with Crippen LogP contribution in [0.3, 0.4) is 0 Å². The predicted octanol–water partition coefficient (Wildman–Crippen LogP) is 5.90. The highest BCUT2D eigenvalue weighted by molar-refractivity contribution is 5.96. The van der Waals surface area contributed by atoms with Gasteiger partial charge in [0.05, 0.1) is 29.3 Å². The summed E-state index contributed by atoms with van der Waals surface area (Å²) in [6.07, 6.45) is 4.29. The third kappa shape index (κ3) is 3.96. The minimum atomic E-state index is -0.996. The molecule has 0 saturated carbocycles. The zero-order valence-corrected chi connectivity index (χ0v) is 20.3. The van der Waals surface area contributed by atoms with Crippen LogP contribution in [-0.4, -0.2) is 25.6 Å². The third-order valence-corrected chi connectivity index (χ3v) is 6.85. The largest absolute Gasteiger partial charge is 0.361 e. The maximum absolute atomic E-state index is 14.1. The first-order valence-electron chi connectivity index (χ1n) is 12.0. The molecule has 186 valence electrons. The highest BCUT2D eigenvalue weighted by Crippen LogP contribution is 2.39. The number of anilines is 1. The number of hydrogen-bond acceptors (Lipinski definition) is 5. The summed E-state index contributed by atoms with van der Waals surface area (Å²) in [6.45, 7) is 4.25. The molecular formula is C28H23F2N5O2. The van der Waals surface area contributed by atoms with Crippen molar-refractivity contribution in [3.63, 3.8) is 0 Å². The van der Waals surface area contributed by atoms with E-state index < -0.39 is 17.7 Å². The molecule has 3 aromatic heterocycles. The lowest BCUT2D eigenvalue weighted by Gasteiger charge is -2.25. The second kappa shape index (κ2) is 8.92. The third-order valence-electron chi connectivity index (χ3n) is 6.85. The van der Waals surface area contributed by atoms with Gasteiger partial charge in [0.15, 0.2) is 11.6 Å². The van der Waals surface area contributed by atoms with Crippen LogP contribution < -0.4 is 4.90 Å². The second-order valence-electron chi connectivity index (χ2n) is 9.24. The molecule has 2 aromatic carbocycles. The average Bonchev–Trinajstić information content (AvgIpc) is 3.55. The normalized spacial score (nSPS) is 15.7. The van der Waals surface area contributed by atoms with Crippen molar-refractivity contribution >= 4 is 22.6 Å². The molecule has 1 atom stereocenters. The van der Waals surface area contributed by atoms with Gasteiger partial charge in [-0.1, -0.05) is 17.3 Å². The number of aryl methyl sites for hydroxylation is 2. The van der Waals surface area contributed by atoms with Crippen LogP contribution in [0.5, 0.6) is 0 Å². The van der Waals surface area contributed by atoms with Crippen LogP contribution in [0.15, 0.2) is 65.4 Å². The zero-order chi connectivity index (χ0) is 25.7. The first-order chi connectivity index (χ1) is 17.9. The topological polar surface area (TPSA) is 77.0 Å². The Balaban J connectivity index is 1.51. The number of imidazole rings is 1. The molecule has 4 heterocycles. The SMILES string of the molecule is Cc1noc(C)c1-c1ccc2c(c1)nc(C1CCC(=O)N1c1ccc(F)c(F)c1)n2Cc1cccnc1. The lowest BCUT2D eigenvalue weighted by molar-refractivity contribution is -0.117. The minimum absolute atomic E-state index is 0.160. The van der Waals surface area contributed by atoms with Crippen LogP contribution in [0.4, 0.5) is 14.5 Å². The number of halogens is 2. The molecule has 7 nitrogen and oxygen atoms in total. The number of pyridine rings is 1. The first-order valence-corrected chi connectivity index (χ1v) is 12.0. The van der Waals surface area contributed by atoms with Crippen molar-refractivity contribution in [1.29, 1.82) is 0 Å². The van der Waals surface area contributed by atoms with Crippen LogP contribution in [0.25, 0.3) is 22.2 Å². The molecule has 0 aliphatic carbocycles. The molecule has 0 spiro atoms. The molecule has 6 rings (SSSR count). The van der Waals surface area contributed by atoms with Gasteiger partial charge < -0.3 is 14.0 Å². The Morgan fingerprint density at radius 3 is 2.68 bits per heavy atom. The molecule has 0 bridgehead atoms. The van der Waals surface area contributed by atoms with E-state index >= 15 is 0 Å². The van der Waals surface area contributed by atoms with E-state index in [4.69, 9.17) is 9.51 Å². The summed E-state index contributed by atoms with van der Waals surface area (Å²) in [6, 6.07) is 12.9. The Hall–Kier alpha value is -4.40. The summed E-state index contributed by atoms with van der Waals surface area (Å²) in [5, 5.41) is 4.07. The van der Waals surface area contributed by atoms with Crippen molar-refractivity contribution in [2.24, 2.45) is 0 Å². The summed E-state index contributed by atoms with van der Waals surface area (Å²) in [5.41, 5.74) is 5.56. The van der Waals surface area contributed by atoms with Gasteiger partial charge in [-0.15, -0.1) is 0 Å². The fourth-order valence-electron chi connectivity index (χ4n) is 5.18. The number of carbonyl (C=O) groups is 1. The van der Waals surface area contributed by atoms with Gasteiger partial charge in [-0.2, -0.15) is 0 Å². The van der Waals surface area contributed by atoms with E-state index in [2.05, 4.69) is 14.7 Å². The predicted molar refractivity (Wildman–Crippen MR) is 134 cm³/mol. The number of rotatable bonds is 5. The first kappa shape index (κ1) is 23.0. The Labute approximate surface area is 211 Å². The van der Waals surface area contributed by atoms with Crippen molar-refractivity contribution < 1.29 is 18.1 Å². The molecule has 1 aliphatic heterocycles. The van der Waals surface area contributed by atoms with Crippen molar-refractivity contribution in [1.82, 2.24) is 19.7 Å². The summed E-state index contributed by atoms with van der Waals surface area (Å²) >= 11 is 0. The molecule has 9 heteroatoms. The van der Waals surface area contributed by atoms with Crippen LogP contribution in [0, 0.1) is 25.5 Å². The zero-order valence-electron chi connectivity index (χ0n) is 20.3. The van der Waals surface area contributed by atoms with Gasteiger partial charge in [0, 0.05) is 36.1 Å². The van der Waals surface area contributed by atoms with Gasteiger partial charge in [0.2, 0.25) is 5.91 Å². The summed E-state index contributed by atoms with van der Waals surface area (Å²) in [7, 11) is 0. The number of fused-ring (bicyclic) bond motifs is 1. The maximum Gasteiger partial charge on any atom is 0.227 e. The monoisotopic (exact) mass is 499 g/mol. The lowest BCUT2D eigenvalue weighted by atomic mass is 10.0. The Morgan fingerprint density at radius 2 is 1.95 bits per heavy atom. The highest BCUT2D eigenvalue weighted by atomic mass is 19.2. The molecular weight excluding hydrogens is 476 g/mol. The molecule has 1 saturated heterocycles. The quantitative estimate of drug-likeness (QED) is 0.301. The smallest absolute Gasteiger partial charge is 0.227 e. The van der Waals surface area contributed by atoms with Gasteiger partial charge in [-0.25, -0.2) is 13.8 Å². The van der Waals surface area contributed by atoms with Crippen molar-refractivity contribution in [3.05, 3.63) is 95.4 Å². The summed E-state index contributed by atoms with van der Waals surface area (Å²) in [5.74, 6) is -0.720. The highest BCUT2D eigenvalue weighted by Gasteiger charge is 2.37. The van der Waals surface area contributed by atoms with E-state index in [1.54, 1.807) is 12.4 Å². The molecule has 1 aliphatic rings. The van der Waals surface area contributed by atoms with Crippen LogP contribution in [-0.2, 0) is 11.3 Å². The molecule has 37 heavy (non-hydrogen) atoms. The van der Waals surface area contributed by atoms with E-state index in [0.29, 0.717) is 24.5 Å². The fraction of sp³-hybridized carbons (Fsp3) is 0.214. The van der Waals surface area contributed by atoms with E-state index in [1.807, 2.05) is 44.2 Å². The lowest BCUT2D eigenvalue weighted by Crippen LogP contribution is -2.29. The number of carbonyl (C=O) groups excluding carboxylic acids is 1. The maximum atomic E-state index is 14.1. The van der Waals surface area contributed by atoms with E-state index in [0.717, 1.165) is 51.3 Å². The number of amides is 1. The van der Waals surface area contributed by atoms with Crippen LogP contribution >= 0.6 is 0 Å². The van der Waals surface area contributed by atoms with E-state index in [9.17, 15) is 13.6 Å². The van der Waals surface area contributed by atoms with Gasteiger partial charge in [0.25, 0.3) is 0 Å². The minimum Gasteiger partial charge on any atom is -0.361 e. The Morgan fingerprint density at radius 1 is 1.08 bits per heavy atom. The number of aromatic nitrogens is 4. The molecule has 1 fully saturated rings. The Kier molecular flexibility index (Phi) is 5.55. The van der Waals surface area contributed by atoms with Crippen LogP contribution in [0.2, 0.25) is 0 Å². The van der Waals surface area contributed by atoms with Crippen molar-refractivity contribution in [2.45, 2.75) is 39.3 Å². The van der Waals surface area contributed by atoms with Crippen LogP contribution in [0.1, 0.15) is 41.7 Å². The molecule has 0 N–H and O–H groups in total. The summed E-state index contributed by atoms with van der Waals surface area (Å²) < 4.78 is 35.2. The fourth-order valence-corrected chi connectivity index (χ4v) is 5.18. The second-order valence-corrected chi connectivity index (χ2v) is 9.24. The van der Waals surface area contributed by atoms with Gasteiger partial charge in [-0.3, -0.25) is 9.78 Å². The Bertz CT molecular complexity index is 1620. The molecule has 1 unspecified atom stereocenters. The van der Waals surface area contributed by atoms with E-state index in [-0.39, 0.29) is 12.3 Å². The van der Waals surface area contributed by atoms with E-state index in [1.165, 1.54) is 11.0 Å². The molecule has 1 amide bonds. The van der Waals surface area contributed by atoms with Gasteiger partial charge in [0.1, 0.15) is 11.6 Å². The number of hydrogen-bond donors (Lipinski definition) is 0. The standard InChI is InChI=1S/C28H23F2N5O2/c1-16-27(17(2)37-33-16)19-5-8-24-23(12-19)32-28(34(24)15-18-4-3-11-31-14-18)25-9-10-26(36)35(25)20-6-7-21(29)22(30)13-20/h3-8,11-14,25H,9-10,15H2,1-2H3. The van der Waals surface area contributed by atoms with Gasteiger partial charge >= 0.3 is 0 Å². The summed E-state index contributed by atoms with van der Waals surface area (Å²) in [4.78, 5) is 23.7. The van der Waals surface area contributed by atoms with Gasteiger partial charge in [-0.05, 0) is 61.7 Å². The average molecular weight is 500 g/mol. The van der Waals surface area contributed by atoms with Crippen molar-refractivity contribution in [2.75, 3.05) is 4.90 Å².